The van der Waals surface area contributed by atoms with Gasteiger partial charge in [0.1, 0.15) is 16.5 Å². The highest BCUT2D eigenvalue weighted by Gasteiger charge is 2.15. The summed E-state index contributed by atoms with van der Waals surface area (Å²) in [7, 11) is 0. The molecule has 0 aliphatic carbocycles. The van der Waals surface area contributed by atoms with Crippen molar-refractivity contribution in [2.45, 2.75) is 20.4 Å². The lowest BCUT2D eigenvalue weighted by atomic mass is 10.1. The van der Waals surface area contributed by atoms with Gasteiger partial charge in [-0.15, -0.1) is 11.3 Å². The molecule has 0 spiro atoms. The molecule has 0 bridgehead atoms. The number of thiazole rings is 1. The van der Waals surface area contributed by atoms with E-state index in [0.29, 0.717) is 23.8 Å². The van der Waals surface area contributed by atoms with Crippen molar-refractivity contribution in [3.63, 3.8) is 0 Å². The molecule has 0 fully saturated rings. The van der Waals surface area contributed by atoms with Crippen molar-refractivity contribution in [1.29, 1.82) is 0 Å². The molecule has 3 aromatic rings. The first-order chi connectivity index (χ1) is 13.5. The van der Waals surface area contributed by atoms with E-state index in [9.17, 15) is 14.0 Å². The Hall–Kier alpha value is -3.06. The van der Waals surface area contributed by atoms with E-state index < -0.39 is 0 Å². The van der Waals surface area contributed by atoms with Gasteiger partial charge in [0.05, 0.1) is 0 Å². The molecule has 0 aliphatic heterocycles. The molecule has 0 aliphatic rings. The van der Waals surface area contributed by atoms with Gasteiger partial charge in [-0.1, -0.05) is 18.2 Å². The fourth-order valence-electron chi connectivity index (χ4n) is 2.72. The van der Waals surface area contributed by atoms with E-state index in [2.05, 4.69) is 10.3 Å². The lowest BCUT2D eigenvalue weighted by Crippen LogP contribution is -2.28. The molecule has 2 amide bonds. The lowest BCUT2D eigenvalue weighted by Gasteiger charge is -2.20. The Labute approximate surface area is 166 Å². The summed E-state index contributed by atoms with van der Waals surface area (Å²) in [5.74, 6) is -0.670. The molecule has 0 atom stereocenters. The largest absolute Gasteiger partial charge is 0.339 e. The molecule has 1 aromatic heterocycles. The predicted octanol–water partition coefficient (Wildman–Crippen LogP) is 4.57. The number of carbonyl (C=O) groups excluding carboxylic acids is 2. The second-order valence-electron chi connectivity index (χ2n) is 6.19. The number of nitrogens with one attached hydrogen (secondary N) is 1. The summed E-state index contributed by atoms with van der Waals surface area (Å²) >= 11 is 1.32. The molecular weight excluding hydrogens is 377 g/mol. The van der Waals surface area contributed by atoms with E-state index in [1.54, 1.807) is 28.5 Å². The van der Waals surface area contributed by atoms with Gasteiger partial charge in [-0.2, -0.15) is 0 Å². The van der Waals surface area contributed by atoms with Crippen LogP contribution in [0.3, 0.4) is 0 Å². The number of hydrogen-bond donors (Lipinski definition) is 1. The van der Waals surface area contributed by atoms with E-state index >= 15 is 0 Å². The Morgan fingerprint density at radius 2 is 1.86 bits per heavy atom. The van der Waals surface area contributed by atoms with Crippen molar-refractivity contribution < 1.29 is 14.0 Å². The number of benzene rings is 2. The van der Waals surface area contributed by atoms with Gasteiger partial charge in [0.15, 0.2) is 0 Å². The van der Waals surface area contributed by atoms with Crippen LogP contribution in [0.25, 0.3) is 10.6 Å². The Morgan fingerprint density at radius 3 is 2.54 bits per heavy atom. The third-order valence-corrected chi connectivity index (χ3v) is 5.17. The summed E-state index contributed by atoms with van der Waals surface area (Å²) in [6.45, 7) is 4.44. The number of aromatic nitrogens is 1. The molecule has 1 N–H and O–H groups in total. The molecule has 7 heteroatoms. The molecule has 0 radical (unpaired) electrons. The fraction of sp³-hybridized carbons (Fsp3) is 0.190. The zero-order chi connectivity index (χ0) is 20.1. The number of amides is 2. The van der Waals surface area contributed by atoms with Gasteiger partial charge in [0.2, 0.25) is 5.91 Å². The van der Waals surface area contributed by atoms with E-state index in [0.717, 1.165) is 11.1 Å². The average Bonchev–Trinajstić information content (AvgIpc) is 3.18. The van der Waals surface area contributed by atoms with E-state index in [1.165, 1.54) is 30.4 Å². The molecule has 144 valence electrons. The van der Waals surface area contributed by atoms with Crippen LogP contribution in [0.4, 0.5) is 10.1 Å². The monoisotopic (exact) mass is 397 g/mol. The van der Waals surface area contributed by atoms with Crippen LogP contribution in [0, 0.1) is 5.82 Å². The predicted molar refractivity (Wildman–Crippen MR) is 109 cm³/mol. The van der Waals surface area contributed by atoms with Crippen LogP contribution in [-0.4, -0.2) is 28.2 Å². The lowest BCUT2D eigenvalue weighted by molar-refractivity contribution is -0.129. The molecule has 3 rings (SSSR count). The minimum Gasteiger partial charge on any atom is -0.339 e. The smallest absolute Gasteiger partial charge is 0.275 e. The molecule has 1 heterocycles. The fourth-order valence-corrected chi connectivity index (χ4v) is 3.53. The summed E-state index contributed by atoms with van der Waals surface area (Å²) in [4.78, 5) is 30.4. The van der Waals surface area contributed by atoms with Crippen molar-refractivity contribution in [3.05, 3.63) is 71.0 Å². The number of carbonyl (C=O) groups is 2. The van der Waals surface area contributed by atoms with E-state index in [-0.39, 0.29) is 23.3 Å². The minimum atomic E-state index is -0.331. The van der Waals surface area contributed by atoms with Crippen LogP contribution < -0.4 is 5.32 Å². The summed E-state index contributed by atoms with van der Waals surface area (Å²) in [5.41, 5.74) is 2.54. The quantitative estimate of drug-likeness (QED) is 0.663. The summed E-state index contributed by atoms with van der Waals surface area (Å²) in [5, 5.41) is 5.19. The maximum Gasteiger partial charge on any atom is 0.275 e. The van der Waals surface area contributed by atoms with Crippen LogP contribution in [0.1, 0.15) is 29.9 Å². The molecule has 5 nitrogen and oxygen atoms in total. The molecule has 28 heavy (non-hydrogen) atoms. The second-order valence-corrected chi connectivity index (χ2v) is 7.05. The van der Waals surface area contributed by atoms with Crippen LogP contribution in [0.15, 0.2) is 53.9 Å². The first-order valence-electron chi connectivity index (χ1n) is 8.84. The zero-order valence-electron chi connectivity index (χ0n) is 15.6. The SMILES string of the molecule is CCN(Cc1ccccc1NC(=O)c1csc(-c2ccc(F)cc2)n1)C(C)=O. The first kappa shape index (κ1) is 19.7. The van der Waals surface area contributed by atoms with Gasteiger partial charge >= 0.3 is 0 Å². The number of para-hydroxylation sites is 1. The maximum atomic E-state index is 13.1. The first-order valence-corrected chi connectivity index (χ1v) is 9.72. The summed E-state index contributed by atoms with van der Waals surface area (Å²) in [6, 6.07) is 13.4. The standard InChI is InChI=1S/C21H20FN3O2S/c1-3-25(14(2)26)12-16-6-4-5-7-18(16)23-20(27)19-13-28-21(24-19)15-8-10-17(22)11-9-15/h4-11,13H,3,12H2,1-2H3,(H,23,27). The highest BCUT2D eigenvalue weighted by Crippen LogP contribution is 2.25. The molecule has 0 unspecified atom stereocenters. The van der Waals surface area contributed by atoms with Gasteiger partial charge in [0.25, 0.3) is 5.91 Å². The van der Waals surface area contributed by atoms with Crippen LogP contribution in [0.5, 0.6) is 0 Å². The van der Waals surface area contributed by atoms with Crippen molar-refractivity contribution in [2.75, 3.05) is 11.9 Å². The Kier molecular flexibility index (Phi) is 6.16. The van der Waals surface area contributed by atoms with Crippen molar-refractivity contribution >= 4 is 28.8 Å². The van der Waals surface area contributed by atoms with Crippen LogP contribution in [0.2, 0.25) is 0 Å². The maximum absolute atomic E-state index is 13.1. The molecule has 0 saturated heterocycles. The molecule has 0 saturated carbocycles. The minimum absolute atomic E-state index is 0.0212. The topological polar surface area (TPSA) is 62.3 Å². The Morgan fingerprint density at radius 1 is 1.14 bits per heavy atom. The number of halogens is 1. The zero-order valence-corrected chi connectivity index (χ0v) is 16.4. The van der Waals surface area contributed by atoms with Gasteiger partial charge in [0, 0.05) is 36.6 Å². The van der Waals surface area contributed by atoms with E-state index in [1.807, 2.05) is 25.1 Å². The van der Waals surface area contributed by atoms with Crippen molar-refractivity contribution in [1.82, 2.24) is 9.88 Å². The second kappa shape index (κ2) is 8.75. The number of hydrogen-bond acceptors (Lipinski definition) is 4. The van der Waals surface area contributed by atoms with Crippen molar-refractivity contribution in [2.24, 2.45) is 0 Å². The average molecular weight is 397 g/mol. The Bertz CT molecular complexity index is 985. The van der Waals surface area contributed by atoms with Gasteiger partial charge in [-0.05, 0) is 42.8 Å². The highest BCUT2D eigenvalue weighted by atomic mass is 32.1. The van der Waals surface area contributed by atoms with Crippen molar-refractivity contribution in [3.8, 4) is 10.6 Å². The van der Waals surface area contributed by atoms with Gasteiger partial charge < -0.3 is 10.2 Å². The molecule has 2 aromatic carbocycles. The number of nitrogens with zero attached hydrogens (tertiary/aromatic N) is 2. The van der Waals surface area contributed by atoms with Gasteiger partial charge in [-0.25, -0.2) is 9.37 Å². The Balaban J connectivity index is 1.77. The van der Waals surface area contributed by atoms with E-state index in [4.69, 9.17) is 0 Å². The number of rotatable bonds is 6. The van der Waals surface area contributed by atoms with Crippen LogP contribution in [-0.2, 0) is 11.3 Å². The van der Waals surface area contributed by atoms with Gasteiger partial charge in [-0.3, -0.25) is 9.59 Å². The third-order valence-electron chi connectivity index (χ3n) is 4.28. The third kappa shape index (κ3) is 4.61. The highest BCUT2D eigenvalue weighted by molar-refractivity contribution is 7.13. The molecular formula is C21H20FN3O2S. The normalized spacial score (nSPS) is 10.5. The summed E-state index contributed by atoms with van der Waals surface area (Å²) in [6.07, 6.45) is 0. The summed E-state index contributed by atoms with van der Waals surface area (Å²) < 4.78 is 13.1. The number of anilines is 1. The van der Waals surface area contributed by atoms with Crippen LogP contribution >= 0.6 is 11.3 Å².